The molecule has 1 aliphatic carbocycles. The van der Waals surface area contributed by atoms with Gasteiger partial charge in [0, 0.05) is 35.5 Å². The molecule has 1 saturated carbocycles. The van der Waals surface area contributed by atoms with Crippen LogP contribution in [-0.4, -0.2) is 68.7 Å². The molecule has 14 heteroatoms. The molecule has 2 aromatic carbocycles. The molecule has 2 heterocycles. The molecule has 0 unspecified atom stereocenters. The number of alkyl halides is 3. The molecule has 0 radical (unpaired) electrons. The van der Waals surface area contributed by atoms with Crippen molar-refractivity contribution in [3.05, 3.63) is 95.6 Å². The molecule has 2 aromatic heterocycles. The van der Waals surface area contributed by atoms with Crippen molar-refractivity contribution in [1.82, 2.24) is 19.9 Å². The van der Waals surface area contributed by atoms with Gasteiger partial charge in [-0.1, -0.05) is 25.1 Å². The van der Waals surface area contributed by atoms with Crippen LogP contribution in [0.5, 0.6) is 17.4 Å². The Kier molecular flexibility index (Phi) is 11.0. The van der Waals surface area contributed by atoms with Gasteiger partial charge in [-0.2, -0.15) is 13.2 Å². The van der Waals surface area contributed by atoms with E-state index in [4.69, 9.17) is 14.2 Å². The van der Waals surface area contributed by atoms with Crippen molar-refractivity contribution in [2.75, 3.05) is 32.6 Å². The second kappa shape index (κ2) is 15.0. The number of halogens is 3. The van der Waals surface area contributed by atoms with Gasteiger partial charge in [-0.05, 0) is 75.5 Å². The molecule has 5 rings (SSSR count). The van der Waals surface area contributed by atoms with Gasteiger partial charge < -0.3 is 19.1 Å². The lowest BCUT2D eigenvalue weighted by molar-refractivity contribution is -0.137. The van der Waals surface area contributed by atoms with Crippen LogP contribution >= 0.6 is 0 Å². The highest BCUT2D eigenvalue weighted by Crippen LogP contribution is 2.39. The Morgan fingerprint density at radius 3 is 2.41 bits per heavy atom. The SMILES string of the molecule is CCc1cc(S(=O)(=O)N(Cc2ccc(OC)cc2OC)c2ccncn2)cnc1O[C@H]1CC[C@H](c2cccc(C(F)(F)F)c2)C[C@@H]1N(C)C. The van der Waals surface area contributed by atoms with E-state index < -0.39 is 21.8 Å². The van der Waals surface area contributed by atoms with Crippen LogP contribution in [0.2, 0.25) is 0 Å². The van der Waals surface area contributed by atoms with E-state index in [0.29, 0.717) is 59.8 Å². The number of pyridine rings is 1. The smallest absolute Gasteiger partial charge is 0.416 e. The maximum absolute atomic E-state index is 14.3. The van der Waals surface area contributed by atoms with E-state index in [0.717, 1.165) is 6.07 Å². The summed E-state index contributed by atoms with van der Waals surface area (Å²) in [6, 6.07) is 13.6. The zero-order valence-corrected chi connectivity index (χ0v) is 28.8. The molecule has 0 saturated heterocycles. The second-order valence-electron chi connectivity index (χ2n) is 12.1. The van der Waals surface area contributed by atoms with Crippen molar-refractivity contribution in [2.24, 2.45) is 0 Å². The van der Waals surface area contributed by atoms with Crippen LogP contribution in [0.3, 0.4) is 0 Å². The van der Waals surface area contributed by atoms with Gasteiger partial charge in [-0.3, -0.25) is 0 Å². The molecule has 4 aromatic rings. The number of hydrogen-bond acceptors (Lipinski definition) is 9. The third-order valence-electron chi connectivity index (χ3n) is 8.87. The van der Waals surface area contributed by atoms with Crippen LogP contribution in [0, 0.1) is 0 Å². The van der Waals surface area contributed by atoms with E-state index in [1.165, 1.54) is 55.4 Å². The Labute approximate surface area is 284 Å². The molecule has 49 heavy (non-hydrogen) atoms. The first-order valence-electron chi connectivity index (χ1n) is 15.8. The molecular formula is C35H40F3N5O5S. The first kappa shape index (κ1) is 35.9. The Hall–Kier alpha value is -4.43. The topological polar surface area (TPSA) is 107 Å². The van der Waals surface area contributed by atoms with E-state index in [1.54, 1.807) is 30.3 Å². The van der Waals surface area contributed by atoms with Crippen LogP contribution < -0.4 is 18.5 Å². The van der Waals surface area contributed by atoms with Gasteiger partial charge in [0.15, 0.2) is 0 Å². The number of benzene rings is 2. The number of aryl methyl sites for hydroxylation is 1. The summed E-state index contributed by atoms with van der Waals surface area (Å²) in [6.07, 6.45) is 1.55. The van der Waals surface area contributed by atoms with Gasteiger partial charge in [0.1, 0.15) is 34.6 Å². The fourth-order valence-corrected chi connectivity index (χ4v) is 7.57. The van der Waals surface area contributed by atoms with Gasteiger partial charge in [0.05, 0.1) is 32.5 Å². The van der Waals surface area contributed by atoms with Crippen molar-refractivity contribution in [3.63, 3.8) is 0 Å². The zero-order chi connectivity index (χ0) is 35.3. The van der Waals surface area contributed by atoms with Gasteiger partial charge >= 0.3 is 6.18 Å². The van der Waals surface area contributed by atoms with Gasteiger partial charge in [-0.15, -0.1) is 0 Å². The summed E-state index contributed by atoms with van der Waals surface area (Å²) >= 11 is 0. The number of likely N-dealkylation sites (N-methyl/N-ethyl adjacent to an activating group) is 1. The van der Waals surface area contributed by atoms with Gasteiger partial charge in [-0.25, -0.2) is 27.7 Å². The van der Waals surface area contributed by atoms with Crippen molar-refractivity contribution < 1.29 is 35.8 Å². The lowest BCUT2D eigenvalue weighted by Crippen LogP contribution is -2.46. The zero-order valence-electron chi connectivity index (χ0n) is 28.0. The predicted octanol–water partition coefficient (Wildman–Crippen LogP) is 6.51. The predicted molar refractivity (Wildman–Crippen MR) is 178 cm³/mol. The number of sulfonamides is 1. The lowest BCUT2D eigenvalue weighted by Gasteiger charge is -2.40. The van der Waals surface area contributed by atoms with E-state index >= 15 is 0 Å². The summed E-state index contributed by atoms with van der Waals surface area (Å²) in [7, 11) is 2.66. The Morgan fingerprint density at radius 1 is 0.959 bits per heavy atom. The molecule has 3 atom stereocenters. The maximum atomic E-state index is 14.3. The lowest BCUT2D eigenvalue weighted by atomic mass is 9.79. The Balaban J connectivity index is 1.41. The number of aromatic nitrogens is 3. The fraction of sp³-hybridized carbons (Fsp3) is 0.400. The minimum atomic E-state index is -4.41. The number of nitrogens with zero attached hydrogens (tertiary/aromatic N) is 5. The third kappa shape index (κ3) is 8.07. The minimum Gasteiger partial charge on any atom is -0.497 e. The van der Waals surface area contributed by atoms with Crippen molar-refractivity contribution in [1.29, 1.82) is 0 Å². The highest BCUT2D eigenvalue weighted by molar-refractivity contribution is 7.92. The van der Waals surface area contributed by atoms with E-state index in [2.05, 4.69) is 15.0 Å². The molecule has 1 fully saturated rings. The first-order chi connectivity index (χ1) is 23.3. The van der Waals surface area contributed by atoms with Gasteiger partial charge in [0.2, 0.25) is 5.88 Å². The van der Waals surface area contributed by atoms with Crippen LogP contribution in [0.25, 0.3) is 0 Å². The molecule has 0 aliphatic heterocycles. The van der Waals surface area contributed by atoms with Crippen molar-refractivity contribution in [3.8, 4) is 17.4 Å². The standard InChI is InChI=1S/C35H40F3N5O5S/c1-6-23-17-29(49(44,45)43(33-14-15-39-22-41-33)21-26-10-12-28(46-4)19-32(26)47-5)20-40-34(23)48-31-13-11-25(18-30(31)42(2)3)24-8-7-9-27(16-24)35(36,37)38/h7-10,12,14-17,19-20,22,25,30-31H,6,11,13,18,21H2,1-5H3/t25-,30-,31-/m0/s1. The summed E-state index contributed by atoms with van der Waals surface area (Å²) in [4.78, 5) is 14.7. The summed E-state index contributed by atoms with van der Waals surface area (Å²) in [6.45, 7) is 1.80. The number of hydrogen-bond donors (Lipinski definition) is 0. The average Bonchev–Trinajstić information content (AvgIpc) is 3.10. The molecule has 0 N–H and O–H groups in total. The summed E-state index contributed by atoms with van der Waals surface area (Å²) in [5, 5.41) is 0. The Bertz CT molecular complexity index is 1840. The highest BCUT2D eigenvalue weighted by Gasteiger charge is 2.37. The van der Waals surface area contributed by atoms with Crippen LogP contribution in [-0.2, 0) is 29.2 Å². The number of methoxy groups -OCH3 is 2. The monoisotopic (exact) mass is 699 g/mol. The van der Waals surface area contributed by atoms with Crippen molar-refractivity contribution in [2.45, 2.75) is 68.3 Å². The normalized spacial score (nSPS) is 18.3. The third-order valence-corrected chi connectivity index (χ3v) is 10.6. The number of rotatable bonds is 12. The molecule has 0 bridgehead atoms. The maximum Gasteiger partial charge on any atom is 0.416 e. The molecule has 1 aliphatic rings. The average molecular weight is 700 g/mol. The number of ether oxygens (including phenoxy) is 3. The fourth-order valence-electron chi connectivity index (χ4n) is 6.18. The summed E-state index contributed by atoms with van der Waals surface area (Å²) in [5.74, 6) is 1.42. The largest absolute Gasteiger partial charge is 0.497 e. The molecule has 0 spiro atoms. The molecule has 262 valence electrons. The Morgan fingerprint density at radius 2 is 1.76 bits per heavy atom. The van der Waals surface area contributed by atoms with Crippen LogP contribution in [0.1, 0.15) is 54.4 Å². The van der Waals surface area contributed by atoms with Crippen LogP contribution in [0.15, 0.2) is 78.2 Å². The molecule has 0 amide bonds. The second-order valence-corrected chi connectivity index (χ2v) is 13.9. The van der Waals surface area contributed by atoms with Crippen molar-refractivity contribution >= 4 is 15.8 Å². The van der Waals surface area contributed by atoms with Crippen LogP contribution in [0.4, 0.5) is 19.0 Å². The summed E-state index contributed by atoms with van der Waals surface area (Å²) < 4.78 is 87.3. The molecule has 10 nitrogen and oxygen atoms in total. The quantitative estimate of drug-likeness (QED) is 0.164. The molecular weight excluding hydrogens is 659 g/mol. The first-order valence-corrected chi connectivity index (χ1v) is 17.3. The van der Waals surface area contributed by atoms with E-state index in [1.807, 2.05) is 25.9 Å². The highest BCUT2D eigenvalue weighted by atomic mass is 32.2. The minimum absolute atomic E-state index is 0.0415. The van der Waals surface area contributed by atoms with E-state index in [9.17, 15) is 21.6 Å². The summed E-state index contributed by atoms with van der Waals surface area (Å²) in [5.41, 5.74) is 1.19. The number of anilines is 1. The van der Waals surface area contributed by atoms with E-state index in [-0.39, 0.29) is 35.3 Å². The van der Waals surface area contributed by atoms with Gasteiger partial charge in [0.25, 0.3) is 10.0 Å².